The Balaban J connectivity index is 0.967. The Morgan fingerprint density at radius 2 is 1.54 bits per heavy atom. The van der Waals surface area contributed by atoms with Gasteiger partial charge in [0.15, 0.2) is 0 Å². The van der Waals surface area contributed by atoms with E-state index in [4.69, 9.17) is 0 Å². The van der Waals surface area contributed by atoms with Gasteiger partial charge in [0, 0.05) is 43.0 Å². The molecule has 41 heavy (non-hydrogen) atoms. The molecule has 214 valence electrons. The van der Waals surface area contributed by atoms with Crippen molar-refractivity contribution in [3.8, 4) is 0 Å². The lowest BCUT2D eigenvalue weighted by molar-refractivity contribution is -0.125. The molecule has 0 spiro atoms. The van der Waals surface area contributed by atoms with Crippen LogP contribution in [-0.4, -0.2) is 65.4 Å². The molecule has 3 aromatic carbocycles. The number of piperidine rings is 1. The first-order valence-electron chi connectivity index (χ1n) is 14.7. The molecule has 6 nitrogen and oxygen atoms in total. The molecule has 0 saturated carbocycles. The summed E-state index contributed by atoms with van der Waals surface area (Å²) in [5.41, 5.74) is 3.96. The summed E-state index contributed by atoms with van der Waals surface area (Å²) >= 11 is 0. The van der Waals surface area contributed by atoms with Gasteiger partial charge in [-0.2, -0.15) is 0 Å². The lowest BCUT2D eigenvalue weighted by atomic mass is 9.88. The van der Waals surface area contributed by atoms with E-state index in [1.807, 2.05) is 48.5 Å². The molecule has 0 aromatic heterocycles. The summed E-state index contributed by atoms with van der Waals surface area (Å²) < 4.78 is 27.9. The number of hydrogen-bond donors (Lipinski definition) is 0. The van der Waals surface area contributed by atoms with E-state index in [2.05, 4.69) is 9.80 Å². The van der Waals surface area contributed by atoms with E-state index in [0.717, 1.165) is 74.2 Å². The molecule has 3 heterocycles. The number of unbranched alkanes of at least 4 members (excludes halogenated alkanes) is 3. The Hall–Kier alpha value is -3.78. The topological polar surface area (TPSA) is 47.1 Å². The third kappa shape index (κ3) is 5.84. The summed E-state index contributed by atoms with van der Waals surface area (Å²) in [7, 11) is 0. The minimum absolute atomic E-state index is 0.131. The molecule has 0 N–H and O–H groups in total. The van der Waals surface area contributed by atoms with E-state index >= 15 is 0 Å². The zero-order chi connectivity index (χ0) is 28.3. The largest absolute Gasteiger partial charge is 0.337 e. The molecule has 3 aliphatic rings. The Morgan fingerprint density at radius 3 is 2.32 bits per heavy atom. The van der Waals surface area contributed by atoms with Crippen LogP contribution in [0.5, 0.6) is 0 Å². The molecule has 0 unspecified atom stereocenters. The number of urea groups is 1. The molecule has 2 saturated heterocycles. The average molecular weight is 559 g/mol. The predicted octanol–water partition coefficient (Wildman–Crippen LogP) is 6.30. The van der Waals surface area contributed by atoms with Crippen LogP contribution in [0.3, 0.4) is 0 Å². The van der Waals surface area contributed by atoms with Crippen LogP contribution < -0.4 is 4.90 Å². The van der Waals surface area contributed by atoms with Crippen molar-refractivity contribution in [3.05, 3.63) is 95.6 Å². The Bertz CT molecular complexity index is 1380. The van der Waals surface area contributed by atoms with Gasteiger partial charge in [0.2, 0.25) is 0 Å². The molecule has 0 radical (unpaired) electrons. The quantitative estimate of drug-likeness (QED) is 0.217. The fraction of sp³-hybridized carbons (Fsp3) is 0.394. The number of carbonyl (C=O) groups excluding carboxylic acids is 2. The van der Waals surface area contributed by atoms with Crippen molar-refractivity contribution in [2.24, 2.45) is 0 Å². The number of rotatable bonds is 10. The zero-order valence-corrected chi connectivity index (χ0v) is 23.2. The number of likely N-dealkylation sites (tertiary alicyclic amines) is 1. The van der Waals surface area contributed by atoms with Crippen molar-refractivity contribution in [3.63, 3.8) is 0 Å². The maximum Gasteiger partial charge on any atom is 0.327 e. The Morgan fingerprint density at radius 1 is 0.805 bits per heavy atom. The van der Waals surface area contributed by atoms with Crippen LogP contribution in [0.25, 0.3) is 0 Å². The number of nitrogens with zero attached hydrogens (tertiary/aromatic N) is 4. The van der Waals surface area contributed by atoms with Crippen molar-refractivity contribution in [2.45, 2.75) is 50.6 Å². The minimum atomic E-state index is -0.260. The molecular formula is C33H36F2N4O2. The van der Waals surface area contributed by atoms with Crippen molar-refractivity contribution in [1.29, 1.82) is 0 Å². The number of amides is 3. The SMILES string of the molecule is O=C1CN(CCCCCCN2CC[C@@H]3[C@@H](C2)c2cc(F)ccc2N3c2ccc(F)cc2)C(=O)N1Cc1ccccc1. The zero-order valence-electron chi connectivity index (χ0n) is 23.2. The Kier molecular flexibility index (Phi) is 8.01. The first-order chi connectivity index (χ1) is 20.0. The number of benzene rings is 3. The normalized spacial score (nSPS) is 20.6. The molecule has 3 aliphatic heterocycles. The maximum absolute atomic E-state index is 14.3. The number of anilines is 2. The van der Waals surface area contributed by atoms with Gasteiger partial charge in [0.1, 0.15) is 18.2 Å². The number of fused-ring (bicyclic) bond motifs is 3. The van der Waals surface area contributed by atoms with Crippen molar-refractivity contribution in [2.75, 3.05) is 37.6 Å². The van der Waals surface area contributed by atoms with Crippen LogP contribution in [0.15, 0.2) is 72.8 Å². The van der Waals surface area contributed by atoms with Crippen molar-refractivity contribution >= 4 is 23.3 Å². The lowest BCUT2D eigenvalue weighted by Crippen LogP contribution is -2.45. The van der Waals surface area contributed by atoms with Gasteiger partial charge in [0.05, 0.1) is 6.54 Å². The van der Waals surface area contributed by atoms with Crippen molar-refractivity contribution in [1.82, 2.24) is 14.7 Å². The molecule has 0 aliphatic carbocycles. The van der Waals surface area contributed by atoms with Gasteiger partial charge in [-0.3, -0.25) is 9.69 Å². The van der Waals surface area contributed by atoms with Crippen LogP contribution >= 0.6 is 0 Å². The summed E-state index contributed by atoms with van der Waals surface area (Å²) in [5.74, 6) is -0.406. The summed E-state index contributed by atoms with van der Waals surface area (Å²) in [4.78, 5) is 32.9. The molecule has 6 rings (SSSR count). The van der Waals surface area contributed by atoms with E-state index < -0.39 is 0 Å². The molecule has 8 heteroatoms. The smallest absolute Gasteiger partial charge is 0.327 e. The average Bonchev–Trinajstić information content (AvgIpc) is 3.44. The monoisotopic (exact) mass is 558 g/mol. The van der Waals surface area contributed by atoms with E-state index in [0.29, 0.717) is 13.1 Å². The van der Waals surface area contributed by atoms with Gasteiger partial charge in [-0.1, -0.05) is 43.2 Å². The molecule has 2 atom stereocenters. The highest BCUT2D eigenvalue weighted by Gasteiger charge is 2.42. The van der Waals surface area contributed by atoms with Crippen LogP contribution in [-0.2, 0) is 11.3 Å². The van der Waals surface area contributed by atoms with E-state index in [1.165, 1.54) is 23.1 Å². The highest BCUT2D eigenvalue weighted by Crippen LogP contribution is 2.48. The lowest BCUT2D eigenvalue weighted by Gasteiger charge is -2.39. The summed E-state index contributed by atoms with van der Waals surface area (Å²) in [6.07, 6.45) is 4.96. The van der Waals surface area contributed by atoms with Crippen LogP contribution in [0.2, 0.25) is 0 Å². The van der Waals surface area contributed by atoms with Gasteiger partial charge in [0.25, 0.3) is 5.91 Å². The van der Waals surface area contributed by atoms with Gasteiger partial charge in [-0.15, -0.1) is 0 Å². The third-order valence-corrected chi connectivity index (χ3v) is 8.71. The molecular weight excluding hydrogens is 522 g/mol. The molecule has 3 aromatic rings. The molecule has 2 fully saturated rings. The second-order valence-electron chi connectivity index (χ2n) is 11.4. The second kappa shape index (κ2) is 12.0. The first kappa shape index (κ1) is 27.4. The third-order valence-electron chi connectivity index (χ3n) is 8.71. The summed E-state index contributed by atoms with van der Waals surface area (Å²) in [6.45, 7) is 3.92. The molecule has 3 amide bonds. The first-order valence-corrected chi connectivity index (χ1v) is 14.7. The number of hydrogen-bond acceptors (Lipinski definition) is 4. The highest BCUT2D eigenvalue weighted by atomic mass is 19.1. The fourth-order valence-electron chi connectivity index (χ4n) is 6.66. The van der Waals surface area contributed by atoms with Gasteiger partial charge < -0.3 is 14.7 Å². The highest BCUT2D eigenvalue weighted by molar-refractivity contribution is 6.01. The van der Waals surface area contributed by atoms with Gasteiger partial charge >= 0.3 is 6.03 Å². The van der Waals surface area contributed by atoms with Crippen LogP contribution in [0.1, 0.15) is 49.1 Å². The van der Waals surface area contributed by atoms with E-state index in [1.54, 1.807) is 11.0 Å². The Labute approximate surface area is 240 Å². The van der Waals surface area contributed by atoms with E-state index in [9.17, 15) is 18.4 Å². The van der Waals surface area contributed by atoms with Crippen LogP contribution in [0.4, 0.5) is 25.0 Å². The molecule has 0 bridgehead atoms. The number of carbonyl (C=O) groups is 2. The van der Waals surface area contributed by atoms with Crippen LogP contribution in [0, 0.1) is 11.6 Å². The van der Waals surface area contributed by atoms with Gasteiger partial charge in [-0.05, 0) is 79.4 Å². The summed E-state index contributed by atoms with van der Waals surface area (Å²) in [6, 6.07) is 21.3. The number of imide groups is 1. The summed E-state index contributed by atoms with van der Waals surface area (Å²) in [5, 5.41) is 0. The van der Waals surface area contributed by atoms with E-state index in [-0.39, 0.29) is 42.1 Å². The fourth-order valence-corrected chi connectivity index (χ4v) is 6.66. The van der Waals surface area contributed by atoms with Gasteiger partial charge in [-0.25, -0.2) is 13.6 Å². The minimum Gasteiger partial charge on any atom is -0.337 e. The second-order valence-corrected chi connectivity index (χ2v) is 11.4. The predicted molar refractivity (Wildman–Crippen MR) is 155 cm³/mol. The standard InChI is InChI=1S/C33H36F2N4O2/c34-25-10-13-27(14-11-25)39-30-15-12-26(35)20-28(30)29-22-36(19-16-31(29)39)17-6-1-2-7-18-37-23-32(40)38(33(37)41)21-24-8-4-3-5-9-24/h3-5,8-15,20,29,31H,1-2,6-7,16-19,21-23H2/t29-,31+/m0/s1. The number of halogens is 2. The maximum atomic E-state index is 14.3. The van der Waals surface area contributed by atoms with Crippen molar-refractivity contribution < 1.29 is 18.4 Å².